The Hall–Kier alpha value is -3.66. The van der Waals surface area contributed by atoms with Gasteiger partial charge in [-0.15, -0.1) is 10.2 Å². The molecule has 1 aromatic heterocycles. The van der Waals surface area contributed by atoms with Gasteiger partial charge in [-0.25, -0.2) is 0 Å². The molecule has 3 aliphatic heterocycles. The number of aromatic nitrogens is 3. The standard InChI is InChI=1S/C35H43F3N8O/c1-22-14-34(15-22,33-41-40-21-43(33)4)25-6-5-7-26(13-25)46-19-30-29(32(46)47)11-24(12-31(30)35(36,37)38)16-42(3)27-8-9-44(17-27)28-10-23(2)45(18-28)20-39/h5-7,11-13,21-23,27-28,32,47H,8-10,14-19H2,1-4H3/t22?,23-,27+,28+,32?,34?/m1/s1. The van der Waals surface area contributed by atoms with E-state index in [0.717, 1.165) is 56.7 Å². The van der Waals surface area contributed by atoms with E-state index in [-0.39, 0.29) is 29.6 Å². The highest BCUT2D eigenvalue weighted by Crippen LogP contribution is 2.52. The van der Waals surface area contributed by atoms with E-state index in [1.807, 2.05) is 47.8 Å². The first-order valence-corrected chi connectivity index (χ1v) is 16.6. The SMILES string of the molecule is CC1CC(c2cccc(N3Cc4c(cc(CN(C)[C@H]5CCN([C@H]6C[C@@H](C)N(C#N)C6)C5)cc4C(F)(F)F)C3O)c2)(c2nncn2C)C1. The highest BCUT2D eigenvalue weighted by atomic mass is 19.4. The monoisotopic (exact) mass is 648 g/mol. The van der Waals surface area contributed by atoms with Crippen molar-refractivity contribution >= 4 is 5.69 Å². The smallest absolute Gasteiger partial charge is 0.369 e. The van der Waals surface area contributed by atoms with Crippen molar-refractivity contribution < 1.29 is 18.3 Å². The third-order valence-electron chi connectivity index (χ3n) is 11.3. The molecule has 12 heteroatoms. The Morgan fingerprint density at radius 2 is 1.94 bits per heavy atom. The number of anilines is 1. The van der Waals surface area contributed by atoms with Crippen LogP contribution in [0.2, 0.25) is 0 Å². The number of hydrogen-bond acceptors (Lipinski definition) is 8. The van der Waals surface area contributed by atoms with Gasteiger partial charge in [0.05, 0.1) is 11.0 Å². The van der Waals surface area contributed by atoms with Crippen LogP contribution in [0.4, 0.5) is 18.9 Å². The average Bonchev–Trinajstić information content (AvgIpc) is 3.82. The zero-order valence-electron chi connectivity index (χ0n) is 27.5. The molecule has 1 saturated carbocycles. The second-order valence-electron chi connectivity index (χ2n) is 14.5. The molecular weight excluding hydrogens is 605 g/mol. The topological polar surface area (TPSA) is 87.7 Å². The van der Waals surface area contributed by atoms with Gasteiger partial charge in [0.15, 0.2) is 12.4 Å². The summed E-state index contributed by atoms with van der Waals surface area (Å²) in [4.78, 5) is 8.06. The predicted molar refractivity (Wildman–Crippen MR) is 171 cm³/mol. The average molecular weight is 649 g/mol. The van der Waals surface area contributed by atoms with Gasteiger partial charge in [0, 0.05) is 69.1 Å². The zero-order valence-corrected chi connectivity index (χ0v) is 27.5. The number of likely N-dealkylation sites (N-methyl/N-ethyl adjacent to an activating group) is 1. The van der Waals surface area contributed by atoms with Crippen LogP contribution < -0.4 is 4.90 Å². The number of alkyl halides is 3. The molecule has 3 aromatic rings. The summed E-state index contributed by atoms with van der Waals surface area (Å²) in [5.41, 5.74) is 1.70. The highest BCUT2D eigenvalue weighted by molar-refractivity contribution is 5.59. The Morgan fingerprint density at radius 3 is 2.60 bits per heavy atom. The van der Waals surface area contributed by atoms with Crippen LogP contribution in [-0.4, -0.2) is 79.4 Å². The number of likely N-dealkylation sites (tertiary alicyclic amines) is 2. The molecule has 250 valence electrons. The molecule has 47 heavy (non-hydrogen) atoms. The van der Waals surface area contributed by atoms with Crippen LogP contribution in [-0.2, 0) is 31.7 Å². The van der Waals surface area contributed by atoms with Crippen molar-refractivity contribution in [1.29, 1.82) is 5.26 Å². The van der Waals surface area contributed by atoms with Crippen molar-refractivity contribution in [1.82, 2.24) is 29.5 Å². The highest BCUT2D eigenvalue weighted by Gasteiger charge is 2.49. The summed E-state index contributed by atoms with van der Waals surface area (Å²) in [5.74, 6) is 1.38. The summed E-state index contributed by atoms with van der Waals surface area (Å²) in [5, 5.41) is 29.5. The quantitative estimate of drug-likeness (QED) is 0.358. The van der Waals surface area contributed by atoms with Crippen LogP contribution in [0.1, 0.15) is 79.4 Å². The van der Waals surface area contributed by atoms with Gasteiger partial charge in [-0.2, -0.15) is 18.4 Å². The van der Waals surface area contributed by atoms with Crippen LogP contribution in [0, 0.1) is 17.4 Å². The molecule has 9 nitrogen and oxygen atoms in total. The number of rotatable bonds is 7. The van der Waals surface area contributed by atoms with Crippen molar-refractivity contribution in [2.24, 2.45) is 13.0 Å². The van der Waals surface area contributed by atoms with Crippen molar-refractivity contribution in [3.8, 4) is 6.19 Å². The van der Waals surface area contributed by atoms with E-state index in [1.165, 1.54) is 6.07 Å². The van der Waals surface area contributed by atoms with Gasteiger partial charge in [-0.05, 0) is 86.5 Å². The van der Waals surface area contributed by atoms with Crippen LogP contribution in [0.15, 0.2) is 42.7 Å². The lowest BCUT2D eigenvalue weighted by molar-refractivity contribution is -0.138. The van der Waals surface area contributed by atoms with E-state index in [9.17, 15) is 23.5 Å². The maximum Gasteiger partial charge on any atom is 0.416 e. The third kappa shape index (κ3) is 5.56. The molecule has 1 aliphatic carbocycles. The van der Waals surface area contributed by atoms with Crippen molar-refractivity contribution in [3.63, 3.8) is 0 Å². The molecule has 3 fully saturated rings. The minimum Gasteiger partial charge on any atom is -0.369 e. The van der Waals surface area contributed by atoms with Gasteiger partial charge in [-0.3, -0.25) is 9.80 Å². The minimum atomic E-state index is -4.55. The largest absolute Gasteiger partial charge is 0.416 e. The Labute approximate surface area is 274 Å². The van der Waals surface area contributed by atoms with E-state index in [4.69, 9.17) is 0 Å². The lowest BCUT2D eigenvalue weighted by Gasteiger charge is -2.46. The van der Waals surface area contributed by atoms with Crippen molar-refractivity contribution in [3.05, 3.63) is 76.4 Å². The zero-order chi connectivity index (χ0) is 33.2. The normalized spacial score (nSPS) is 29.4. The third-order valence-corrected chi connectivity index (χ3v) is 11.3. The Kier molecular flexibility index (Phi) is 8.01. The Morgan fingerprint density at radius 1 is 1.15 bits per heavy atom. The first-order valence-electron chi connectivity index (χ1n) is 16.6. The number of aliphatic hydroxyl groups is 1. The number of aryl methyl sites for hydroxylation is 1. The molecular formula is C35H43F3N8O. The molecule has 0 bridgehead atoms. The Balaban J connectivity index is 1.12. The fraction of sp³-hybridized carbons (Fsp3) is 0.571. The summed E-state index contributed by atoms with van der Waals surface area (Å²) in [7, 11) is 3.90. The molecule has 1 unspecified atom stereocenters. The number of benzene rings is 2. The van der Waals surface area contributed by atoms with E-state index in [2.05, 4.69) is 40.0 Å². The molecule has 7 rings (SSSR count). The number of fused-ring (bicyclic) bond motifs is 1. The van der Waals surface area contributed by atoms with Crippen LogP contribution in [0.3, 0.4) is 0 Å². The molecule has 2 saturated heterocycles. The maximum atomic E-state index is 14.6. The van der Waals surface area contributed by atoms with Gasteiger partial charge in [0.25, 0.3) is 0 Å². The Bertz CT molecular complexity index is 1680. The molecule has 4 heterocycles. The number of aliphatic hydroxyl groups excluding tert-OH is 1. The second-order valence-corrected chi connectivity index (χ2v) is 14.5. The molecule has 4 aliphatic rings. The lowest BCUT2D eigenvalue weighted by atomic mass is 9.58. The molecule has 0 amide bonds. The number of nitrogens with zero attached hydrogens (tertiary/aromatic N) is 8. The van der Waals surface area contributed by atoms with Crippen molar-refractivity contribution in [2.45, 2.75) is 88.6 Å². The molecule has 1 N–H and O–H groups in total. The van der Waals surface area contributed by atoms with Gasteiger partial charge < -0.3 is 19.5 Å². The lowest BCUT2D eigenvalue weighted by Crippen LogP contribution is -2.43. The van der Waals surface area contributed by atoms with E-state index >= 15 is 0 Å². The van der Waals surface area contributed by atoms with Gasteiger partial charge in [-0.1, -0.05) is 19.1 Å². The fourth-order valence-corrected chi connectivity index (χ4v) is 8.82. The predicted octanol–water partition coefficient (Wildman–Crippen LogP) is 5.01. The molecule has 0 radical (unpaired) electrons. The van der Waals surface area contributed by atoms with Gasteiger partial charge in [0.1, 0.15) is 12.2 Å². The summed E-state index contributed by atoms with van der Waals surface area (Å²) in [6.45, 7) is 7.06. The van der Waals surface area contributed by atoms with E-state index in [1.54, 1.807) is 17.3 Å². The maximum absolute atomic E-state index is 14.6. The van der Waals surface area contributed by atoms with Crippen LogP contribution in [0.5, 0.6) is 0 Å². The van der Waals surface area contributed by atoms with Gasteiger partial charge >= 0.3 is 6.18 Å². The second kappa shape index (κ2) is 11.8. The van der Waals surface area contributed by atoms with Crippen LogP contribution in [0.25, 0.3) is 0 Å². The summed E-state index contributed by atoms with van der Waals surface area (Å²) < 4.78 is 45.7. The molecule has 0 spiro atoms. The molecule has 2 aromatic carbocycles. The molecule has 4 atom stereocenters. The van der Waals surface area contributed by atoms with E-state index < -0.39 is 18.0 Å². The van der Waals surface area contributed by atoms with Crippen molar-refractivity contribution in [2.75, 3.05) is 31.6 Å². The van der Waals surface area contributed by atoms with E-state index in [0.29, 0.717) is 35.3 Å². The first kappa shape index (κ1) is 31.9. The number of halogens is 3. The van der Waals surface area contributed by atoms with Gasteiger partial charge in [0.2, 0.25) is 0 Å². The summed E-state index contributed by atoms with van der Waals surface area (Å²) in [6.07, 6.45) is 1.90. The minimum absolute atomic E-state index is 0.0324. The number of hydrogen-bond donors (Lipinski definition) is 1. The number of nitriles is 1. The van der Waals surface area contributed by atoms with Crippen LogP contribution >= 0.6 is 0 Å². The fourth-order valence-electron chi connectivity index (χ4n) is 8.82. The summed E-state index contributed by atoms with van der Waals surface area (Å²) in [6, 6.07) is 11.6. The summed E-state index contributed by atoms with van der Waals surface area (Å²) >= 11 is 0. The first-order chi connectivity index (χ1) is 22.4.